The Labute approximate surface area is 202 Å². The van der Waals surface area contributed by atoms with Gasteiger partial charge in [-0.2, -0.15) is 0 Å². The maximum absolute atomic E-state index is 13.1. The first-order valence-electron chi connectivity index (χ1n) is 12.8. The number of ether oxygens (including phenoxy) is 1. The van der Waals surface area contributed by atoms with Crippen LogP contribution in [0.4, 0.5) is 4.79 Å². The van der Waals surface area contributed by atoms with E-state index in [1.54, 1.807) is 0 Å². The number of rotatable bonds is 10. The van der Waals surface area contributed by atoms with Crippen LogP contribution in [0.3, 0.4) is 0 Å². The van der Waals surface area contributed by atoms with E-state index < -0.39 is 30.2 Å². The Hall–Kier alpha value is -2.61. The van der Waals surface area contributed by atoms with Gasteiger partial charge in [-0.15, -0.1) is 0 Å². The number of carbonyl (C=O) groups is 3. The largest absolute Gasteiger partial charge is 0.445 e. The molecule has 0 spiro atoms. The van der Waals surface area contributed by atoms with E-state index >= 15 is 0 Å². The number of aliphatic hydroxyl groups is 1. The first-order valence-corrected chi connectivity index (χ1v) is 12.8. The Morgan fingerprint density at radius 2 is 1.82 bits per heavy atom. The maximum atomic E-state index is 13.1. The van der Waals surface area contributed by atoms with Crippen LogP contribution in [-0.2, 0) is 20.9 Å². The smallest absolute Gasteiger partial charge is 0.410 e. The fourth-order valence-electron chi connectivity index (χ4n) is 4.79. The lowest BCUT2D eigenvalue weighted by Gasteiger charge is -2.29. The van der Waals surface area contributed by atoms with Gasteiger partial charge < -0.3 is 20.5 Å². The molecule has 0 aromatic heterocycles. The van der Waals surface area contributed by atoms with E-state index in [4.69, 9.17) is 4.74 Å². The van der Waals surface area contributed by atoms with Gasteiger partial charge in [0, 0.05) is 12.6 Å². The van der Waals surface area contributed by atoms with Crippen LogP contribution in [0.15, 0.2) is 30.3 Å². The van der Waals surface area contributed by atoms with Crippen LogP contribution in [0.2, 0.25) is 0 Å². The minimum atomic E-state index is -1.32. The van der Waals surface area contributed by atoms with Gasteiger partial charge in [-0.1, -0.05) is 69.4 Å². The summed E-state index contributed by atoms with van der Waals surface area (Å²) in [4.78, 5) is 39.9. The number of hydrogen-bond donors (Lipinski definition) is 3. The Balaban J connectivity index is 1.57. The zero-order valence-electron chi connectivity index (χ0n) is 20.2. The molecule has 3 N–H and O–H groups in total. The molecule has 8 heteroatoms. The molecule has 0 bridgehead atoms. The number of unbranched alkanes of at least 4 members (excludes halogenated alkanes) is 1. The fraction of sp³-hybridized carbons (Fsp3) is 0.654. The van der Waals surface area contributed by atoms with Gasteiger partial charge in [0.1, 0.15) is 12.6 Å². The first-order chi connectivity index (χ1) is 16.5. The highest BCUT2D eigenvalue weighted by molar-refractivity contribution is 5.88. The van der Waals surface area contributed by atoms with Crippen molar-refractivity contribution in [2.45, 2.75) is 102 Å². The van der Waals surface area contributed by atoms with Gasteiger partial charge >= 0.3 is 6.09 Å². The number of nitrogens with zero attached hydrogens (tertiary/aromatic N) is 1. The van der Waals surface area contributed by atoms with Crippen molar-refractivity contribution in [3.63, 3.8) is 0 Å². The van der Waals surface area contributed by atoms with Crippen molar-refractivity contribution < 1.29 is 24.2 Å². The molecule has 34 heavy (non-hydrogen) atoms. The highest BCUT2D eigenvalue weighted by Gasteiger charge is 2.37. The molecule has 1 aliphatic carbocycles. The Kier molecular flexibility index (Phi) is 10.2. The molecule has 3 amide bonds. The molecule has 0 radical (unpaired) electrons. The number of hydrogen-bond acceptors (Lipinski definition) is 5. The second kappa shape index (κ2) is 13.3. The molecule has 2 aliphatic rings. The summed E-state index contributed by atoms with van der Waals surface area (Å²) in [7, 11) is 0. The zero-order valence-corrected chi connectivity index (χ0v) is 20.2. The Bertz CT molecular complexity index is 797. The normalized spacial score (nSPS) is 20.4. The van der Waals surface area contributed by atoms with Crippen LogP contribution in [-0.4, -0.2) is 58.7 Å². The molecular formula is C26H39N3O5. The van der Waals surface area contributed by atoms with Gasteiger partial charge in [-0.05, 0) is 37.7 Å². The molecule has 1 aromatic rings. The van der Waals surface area contributed by atoms with Crippen molar-refractivity contribution in [1.29, 1.82) is 0 Å². The van der Waals surface area contributed by atoms with Gasteiger partial charge in [0.25, 0.3) is 5.91 Å². The summed E-state index contributed by atoms with van der Waals surface area (Å²) in [6, 6.07) is 8.12. The summed E-state index contributed by atoms with van der Waals surface area (Å²) in [5.41, 5.74) is 0.878. The average Bonchev–Trinajstić information content (AvgIpc) is 3.36. The fourth-order valence-corrected chi connectivity index (χ4v) is 4.79. The van der Waals surface area contributed by atoms with E-state index in [-0.39, 0.29) is 18.6 Å². The van der Waals surface area contributed by atoms with Crippen LogP contribution in [0.5, 0.6) is 0 Å². The summed E-state index contributed by atoms with van der Waals surface area (Å²) >= 11 is 0. The molecule has 3 atom stereocenters. The van der Waals surface area contributed by atoms with Crippen LogP contribution in [0.1, 0.15) is 76.7 Å². The molecule has 2 fully saturated rings. The number of benzene rings is 1. The highest BCUT2D eigenvalue weighted by atomic mass is 16.6. The summed E-state index contributed by atoms with van der Waals surface area (Å²) in [5, 5.41) is 16.6. The second-order valence-corrected chi connectivity index (χ2v) is 9.44. The molecule has 8 nitrogen and oxygen atoms in total. The molecule has 1 aromatic carbocycles. The van der Waals surface area contributed by atoms with Crippen LogP contribution < -0.4 is 10.6 Å². The summed E-state index contributed by atoms with van der Waals surface area (Å²) in [6.45, 7) is 2.61. The standard InChI is InChI=1S/C26H39N3O5/c1-2-3-15-21(23(30)25(32)27-20-13-8-5-9-14-20)28-24(31)22-16-10-17-29(22)26(33)34-18-19-11-6-4-7-12-19/h4,6-7,11-12,20-23,30H,2-3,5,8-10,13-18H2,1H3,(H,27,32)(H,28,31)/t21?,22-,23-/m0/s1. The molecule has 1 unspecified atom stereocenters. The average molecular weight is 474 g/mol. The topological polar surface area (TPSA) is 108 Å². The van der Waals surface area contributed by atoms with Gasteiger partial charge in [0.15, 0.2) is 6.10 Å². The van der Waals surface area contributed by atoms with E-state index in [1.807, 2.05) is 37.3 Å². The van der Waals surface area contributed by atoms with Crippen LogP contribution in [0.25, 0.3) is 0 Å². The van der Waals surface area contributed by atoms with Crippen molar-refractivity contribution in [2.75, 3.05) is 6.54 Å². The lowest BCUT2D eigenvalue weighted by atomic mass is 9.95. The lowest BCUT2D eigenvalue weighted by Crippen LogP contribution is -2.56. The third kappa shape index (κ3) is 7.45. The predicted molar refractivity (Wildman–Crippen MR) is 129 cm³/mol. The molecule has 1 saturated carbocycles. The number of aliphatic hydroxyl groups excluding tert-OH is 1. The second-order valence-electron chi connectivity index (χ2n) is 9.44. The number of likely N-dealkylation sites (tertiary alicyclic amines) is 1. The quantitative estimate of drug-likeness (QED) is 0.483. The SMILES string of the molecule is CCCCC(NC(=O)[C@@H]1CCCN1C(=O)OCc1ccccc1)[C@H](O)C(=O)NC1CCCCC1. The maximum Gasteiger partial charge on any atom is 0.410 e. The van der Waals surface area contributed by atoms with Gasteiger partial charge in [-0.25, -0.2) is 4.79 Å². The number of amides is 3. The Morgan fingerprint density at radius 1 is 1.09 bits per heavy atom. The van der Waals surface area contributed by atoms with Gasteiger partial charge in [0.05, 0.1) is 6.04 Å². The monoisotopic (exact) mass is 473 g/mol. The van der Waals surface area contributed by atoms with Gasteiger partial charge in [-0.3, -0.25) is 14.5 Å². The number of nitrogens with one attached hydrogen (secondary N) is 2. The van der Waals surface area contributed by atoms with Crippen molar-refractivity contribution in [3.8, 4) is 0 Å². The van der Waals surface area contributed by atoms with Crippen molar-refractivity contribution in [3.05, 3.63) is 35.9 Å². The first kappa shape index (κ1) is 26.0. The molecule has 1 saturated heterocycles. The Morgan fingerprint density at radius 3 is 2.53 bits per heavy atom. The predicted octanol–water partition coefficient (Wildman–Crippen LogP) is 3.27. The van der Waals surface area contributed by atoms with E-state index in [0.717, 1.165) is 44.1 Å². The molecule has 1 heterocycles. The van der Waals surface area contributed by atoms with Crippen molar-refractivity contribution in [2.24, 2.45) is 0 Å². The van der Waals surface area contributed by atoms with Crippen molar-refractivity contribution >= 4 is 17.9 Å². The molecule has 3 rings (SSSR count). The van der Waals surface area contributed by atoms with E-state index in [9.17, 15) is 19.5 Å². The third-order valence-electron chi connectivity index (χ3n) is 6.79. The third-order valence-corrected chi connectivity index (χ3v) is 6.79. The minimum absolute atomic E-state index is 0.0862. The highest BCUT2D eigenvalue weighted by Crippen LogP contribution is 2.21. The van der Waals surface area contributed by atoms with E-state index in [1.165, 1.54) is 11.3 Å². The van der Waals surface area contributed by atoms with Gasteiger partial charge in [0.2, 0.25) is 5.91 Å². The minimum Gasteiger partial charge on any atom is -0.445 e. The molecule has 188 valence electrons. The summed E-state index contributed by atoms with van der Waals surface area (Å²) in [6.07, 6.45) is 6.70. The lowest BCUT2D eigenvalue weighted by molar-refractivity contribution is -0.134. The van der Waals surface area contributed by atoms with E-state index in [2.05, 4.69) is 10.6 Å². The number of carbonyl (C=O) groups excluding carboxylic acids is 3. The summed E-state index contributed by atoms with van der Waals surface area (Å²) in [5.74, 6) is -0.779. The summed E-state index contributed by atoms with van der Waals surface area (Å²) < 4.78 is 5.43. The van der Waals surface area contributed by atoms with Crippen LogP contribution >= 0.6 is 0 Å². The molecular weight excluding hydrogens is 434 g/mol. The van der Waals surface area contributed by atoms with Crippen LogP contribution in [0, 0.1) is 0 Å². The van der Waals surface area contributed by atoms with Crippen molar-refractivity contribution in [1.82, 2.24) is 15.5 Å². The zero-order chi connectivity index (χ0) is 24.3. The van der Waals surface area contributed by atoms with E-state index in [0.29, 0.717) is 25.8 Å². The molecule has 1 aliphatic heterocycles.